The number of hydrogen-bond acceptors (Lipinski definition) is 4. The van der Waals surface area contributed by atoms with Crippen molar-refractivity contribution >= 4 is 28.8 Å². The van der Waals surface area contributed by atoms with E-state index in [2.05, 4.69) is 10.2 Å². The normalized spacial score (nSPS) is 11.9. The predicted molar refractivity (Wildman–Crippen MR) is 66.4 cm³/mol. The number of alkyl halides is 3. The highest BCUT2D eigenvalue weighted by atomic mass is 35.5. The van der Waals surface area contributed by atoms with E-state index in [0.717, 1.165) is 16.2 Å². The fourth-order valence-electron chi connectivity index (χ4n) is 1.70. The molecule has 1 aromatic heterocycles. The van der Waals surface area contributed by atoms with Crippen molar-refractivity contribution in [1.29, 1.82) is 0 Å². The average molecular weight is 316 g/mol. The summed E-state index contributed by atoms with van der Waals surface area (Å²) in [5, 5.41) is 6.80. The highest BCUT2D eigenvalue weighted by Crippen LogP contribution is 2.24. The Morgan fingerprint density at radius 2 is 1.95 bits per heavy atom. The lowest BCUT2D eigenvalue weighted by Crippen LogP contribution is -2.45. The van der Waals surface area contributed by atoms with Gasteiger partial charge in [-0.05, 0) is 24.4 Å². The van der Waals surface area contributed by atoms with Gasteiger partial charge >= 0.3 is 6.18 Å². The van der Waals surface area contributed by atoms with Crippen molar-refractivity contribution < 1.29 is 18.0 Å². The first-order chi connectivity index (χ1) is 8.78. The lowest BCUT2D eigenvalue weighted by Gasteiger charge is -2.30. The number of carbonyl (C=O) groups excluding carboxylic acids is 1. The van der Waals surface area contributed by atoms with E-state index in [9.17, 15) is 18.0 Å². The Balaban J connectivity index is 2.98. The largest absolute Gasteiger partial charge is 0.406 e. The fraction of sp³-hybridized carbons (Fsp3) is 0.700. The van der Waals surface area contributed by atoms with E-state index in [4.69, 9.17) is 11.6 Å². The van der Waals surface area contributed by atoms with Gasteiger partial charge in [-0.1, -0.05) is 25.2 Å². The van der Waals surface area contributed by atoms with E-state index < -0.39 is 24.7 Å². The molecule has 0 unspecified atom stereocenters. The van der Waals surface area contributed by atoms with Crippen LogP contribution in [-0.2, 0) is 0 Å². The summed E-state index contributed by atoms with van der Waals surface area (Å²) in [6.07, 6.45) is -3.58. The van der Waals surface area contributed by atoms with Crippen LogP contribution in [0.25, 0.3) is 0 Å². The maximum atomic E-state index is 12.6. The molecule has 9 heteroatoms. The third-order valence-electron chi connectivity index (χ3n) is 2.58. The van der Waals surface area contributed by atoms with Gasteiger partial charge in [-0.25, -0.2) is 0 Å². The highest BCUT2D eigenvalue weighted by Gasteiger charge is 2.37. The van der Waals surface area contributed by atoms with Crippen LogP contribution in [0.4, 0.5) is 13.2 Å². The summed E-state index contributed by atoms with van der Waals surface area (Å²) >= 11 is 6.31. The first-order valence-electron chi connectivity index (χ1n) is 5.65. The fourth-order valence-corrected chi connectivity index (χ4v) is 2.49. The van der Waals surface area contributed by atoms with Crippen LogP contribution < -0.4 is 0 Å². The van der Waals surface area contributed by atoms with Crippen LogP contribution in [0, 0.1) is 0 Å². The van der Waals surface area contributed by atoms with Crippen LogP contribution in [0.15, 0.2) is 0 Å². The molecule has 0 aromatic carbocycles. The Hall–Kier alpha value is -0.890. The summed E-state index contributed by atoms with van der Waals surface area (Å²) in [5.41, 5.74) is 0. The van der Waals surface area contributed by atoms with Crippen molar-refractivity contribution in [3.05, 3.63) is 9.47 Å². The van der Waals surface area contributed by atoms with E-state index >= 15 is 0 Å². The van der Waals surface area contributed by atoms with Gasteiger partial charge in [0.2, 0.25) is 9.47 Å². The average Bonchev–Trinajstić information content (AvgIpc) is 2.73. The molecule has 0 radical (unpaired) electrons. The molecule has 108 valence electrons. The zero-order valence-electron chi connectivity index (χ0n) is 10.4. The first-order valence-corrected chi connectivity index (χ1v) is 6.84. The van der Waals surface area contributed by atoms with Crippen LogP contribution in [0.1, 0.15) is 36.5 Å². The van der Waals surface area contributed by atoms with Crippen molar-refractivity contribution in [1.82, 2.24) is 15.1 Å². The number of nitrogens with zero attached hydrogens (tertiary/aromatic N) is 3. The van der Waals surface area contributed by atoms with Gasteiger partial charge in [0, 0.05) is 6.04 Å². The monoisotopic (exact) mass is 315 g/mol. The molecule has 0 spiro atoms. The van der Waals surface area contributed by atoms with Crippen molar-refractivity contribution in [3.63, 3.8) is 0 Å². The zero-order valence-corrected chi connectivity index (χ0v) is 11.9. The minimum absolute atomic E-state index is 0.0276. The molecule has 1 heterocycles. The maximum Gasteiger partial charge on any atom is 0.406 e. The van der Waals surface area contributed by atoms with Crippen LogP contribution in [0.3, 0.4) is 0 Å². The van der Waals surface area contributed by atoms with Crippen molar-refractivity contribution in [2.75, 3.05) is 6.54 Å². The van der Waals surface area contributed by atoms with Gasteiger partial charge in [0.1, 0.15) is 6.54 Å². The van der Waals surface area contributed by atoms with Crippen molar-refractivity contribution in [2.45, 2.75) is 38.9 Å². The second-order valence-electron chi connectivity index (χ2n) is 3.88. The number of halogens is 4. The summed E-state index contributed by atoms with van der Waals surface area (Å²) in [4.78, 5) is 12.9. The van der Waals surface area contributed by atoms with Crippen molar-refractivity contribution in [2.24, 2.45) is 0 Å². The lowest BCUT2D eigenvalue weighted by molar-refractivity contribution is -0.144. The molecule has 1 amide bonds. The molecule has 1 aromatic rings. The lowest BCUT2D eigenvalue weighted by atomic mass is 10.1. The summed E-state index contributed by atoms with van der Waals surface area (Å²) < 4.78 is 37.7. The second kappa shape index (κ2) is 6.51. The molecular weight excluding hydrogens is 303 g/mol. The molecule has 4 nitrogen and oxygen atoms in total. The first kappa shape index (κ1) is 16.2. The minimum atomic E-state index is -4.45. The molecule has 0 aliphatic rings. The third kappa shape index (κ3) is 4.61. The molecule has 0 bridgehead atoms. The summed E-state index contributed by atoms with van der Waals surface area (Å²) in [6.45, 7) is 2.17. The Morgan fingerprint density at radius 3 is 2.32 bits per heavy atom. The molecule has 19 heavy (non-hydrogen) atoms. The van der Waals surface area contributed by atoms with Crippen LogP contribution in [0.5, 0.6) is 0 Å². The van der Waals surface area contributed by atoms with Gasteiger partial charge in [0.05, 0.1) is 0 Å². The standard InChI is InChI=1S/C10H13ClF3N3OS/c1-3-6(4-2)17(5-10(12,13)14)8(18)7-15-16-9(11)19-7/h6H,3-5H2,1-2H3. The van der Waals surface area contributed by atoms with Crippen molar-refractivity contribution in [3.8, 4) is 0 Å². The Kier molecular flexibility index (Phi) is 5.54. The van der Waals surface area contributed by atoms with E-state index in [1.165, 1.54) is 0 Å². The molecule has 1 rings (SSSR count). The summed E-state index contributed by atoms with van der Waals surface area (Å²) in [5.74, 6) is -0.782. The van der Waals surface area contributed by atoms with Gasteiger partial charge < -0.3 is 4.90 Å². The number of hydrogen-bond donors (Lipinski definition) is 0. The molecule has 0 saturated carbocycles. The van der Waals surface area contributed by atoms with E-state index in [0.29, 0.717) is 12.8 Å². The topological polar surface area (TPSA) is 46.1 Å². The van der Waals surface area contributed by atoms with Gasteiger partial charge in [0.15, 0.2) is 0 Å². The predicted octanol–water partition coefficient (Wildman–Crippen LogP) is 3.38. The molecule has 0 aliphatic heterocycles. The van der Waals surface area contributed by atoms with Gasteiger partial charge in [-0.15, -0.1) is 10.2 Å². The van der Waals surface area contributed by atoms with Gasteiger partial charge in [-0.3, -0.25) is 4.79 Å². The quantitative estimate of drug-likeness (QED) is 0.836. The molecule has 0 N–H and O–H groups in total. The maximum absolute atomic E-state index is 12.6. The molecule has 0 fully saturated rings. The Morgan fingerprint density at radius 1 is 1.37 bits per heavy atom. The SMILES string of the molecule is CCC(CC)N(CC(F)(F)F)C(=O)c1nnc(Cl)s1. The molecule has 0 saturated heterocycles. The van der Waals surface area contributed by atoms with Crippen LogP contribution >= 0.6 is 22.9 Å². The summed E-state index contributed by atoms with van der Waals surface area (Å²) in [6, 6.07) is -0.489. The minimum Gasteiger partial charge on any atom is -0.324 e. The van der Waals surface area contributed by atoms with Gasteiger partial charge in [0.25, 0.3) is 5.91 Å². The van der Waals surface area contributed by atoms with Crippen LogP contribution in [-0.4, -0.2) is 39.8 Å². The summed E-state index contributed by atoms with van der Waals surface area (Å²) in [7, 11) is 0. The highest BCUT2D eigenvalue weighted by molar-refractivity contribution is 7.17. The molecule has 0 atom stereocenters. The number of aromatic nitrogens is 2. The Labute approximate surface area is 117 Å². The number of carbonyl (C=O) groups is 1. The smallest absolute Gasteiger partial charge is 0.324 e. The second-order valence-corrected chi connectivity index (χ2v) is 5.44. The number of amides is 1. The molecular formula is C10H13ClF3N3OS. The van der Waals surface area contributed by atoms with E-state index in [1.54, 1.807) is 13.8 Å². The third-order valence-corrected chi connectivity index (χ3v) is 3.58. The van der Waals surface area contributed by atoms with Gasteiger partial charge in [-0.2, -0.15) is 13.2 Å². The van der Waals surface area contributed by atoms with E-state index in [1.807, 2.05) is 0 Å². The molecule has 0 aliphatic carbocycles. The number of rotatable bonds is 5. The van der Waals surface area contributed by atoms with Crippen LogP contribution in [0.2, 0.25) is 4.47 Å². The van der Waals surface area contributed by atoms with E-state index in [-0.39, 0.29) is 9.47 Å². The zero-order chi connectivity index (χ0) is 14.6. The Bertz CT molecular complexity index is 434.